The van der Waals surface area contributed by atoms with E-state index in [0.29, 0.717) is 28.3 Å². The van der Waals surface area contributed by atoms with Gasteiger partial charge in [-0.25, -0.2) is 9.37 Å². The van der Waals surface area contributed by atoms with E-state index in [2.05, 4.69) is 10.3 Å². The number of carbonyl (C=O) groups excluding carboxylic acids is 1. The molecule has 0 spiro atoms. The van der Waals surface area contributed by atoms with Crippen molar-refractivity contribution < 1.29 is 9.18 Å². The van der Waals surface area contributed by atoms with Gasteiger partial charge in [-0.2, -0.15) is 0 Å². The van der Waals surface area contributed by atoms with Crippen LogP contribution in [0, 0.1) is 5.82 Å². The second kappa shape index (κ2) is 8.05. The Morgan fingerprint density at radius 2 is 1.60 bits per heavy atom. The van der Waals surface area contributed by atoms with Crippen molar-refractivity contribution >= 4 is 23.1 Å². The minimum Gasteiger partial charge on any atom is -0.399 e. The Morgan fingerprint density at radius 1 is 0.867 bits per heavy atom. The van der Waals surface area contributed by atoms with E-state index in [1.807, 2.05) is 30.3 Å². The molecule has 1 heterocycles. The molecule has 0 radical (unpaired) electrons. The van der Waals surface area contributed by atoms with Gasteiger partial charge in [0.25, 0.3) is 0 Å². The average Bonchev–Trinajstić information content (AvgIpc) is 2.75. The summed E-state index contributed by atoms with van der Waals surface area (Å²) in [5.41, 5.74) is 16.1. The van der Waals surface area contributed by atoms with Gasteiger partial charge in [-0.05, 0) is 59.7 Å². The molecule has 148 valence electrons. The third kappa shape index (κ3) is 3.98. The molecule has 1 amide bonds. The fourth-order valence-electron chi connectivity index (χ4n) is 3.27. The third-order valence-electron chi connectivity index (χ3n) is 4.71. The maximum absolute atomic E-state index is 13.5. The van der Waals surface area contributed by atoms with Crippen LogP contribution < -0.4 is 16.8 Å². The number of anilines is 3. The van der Waals surface area contributed by atoms with E-state index in [-0.39, 0.29) is 5.82 Å². The Labute approximate surface area is 173 Å². The van der Waals surface area contributed by atoms with E-state index in [4.69, 9.17) is 11.5 Å². The Hall–Kier alpha value is -4.19. The van der Waals surface area contributed by atoms with Gasteiger partial charge < -0.3 is 16.8 Å². The van der Waals surface area contributed by atoms with Gasteiger partial charge in [0.1, 0.15) is 11.6 Å². The van der Waals surface area contributed by atoms with E-state index in [1.54, 1.807) is 42.6 Å². The maximum atomic E-state index is 13.5. The molecule has 30 heavy (non-hydrogen) atoms. The first-order chi connectivity index (χ1) is 14.5. The van der Waals surface area contributed by atoms with Crippen molar-refractivity contribution in [1.82, 2.24) is 4.98 Å². The minimum atomic E-state index is -0.528. The summed E-state index contributed by atoms with van der Waals surface area (Å²) in [4.78, 5) is 16.5. The highest BCUT2D eigenvalue weighted by Crippen LogP contribution is 2.34. The molecule has 0 saturated heterocycles. The highest BCUT2D eigenvalue weighted by Gasteiger charge is 2.15. The lowest BCUT2D eigenvalue weighted by Gasteiger charge is -2.15. The molecule has 3 aromatic carbocycles. The monoisotopic (exact) mass is 398 g/mol. The number of pyridine rings is 1. The molecule has 0 aliphatic heterocycles. The van der Waals surface area contributed by atoms with Gasteiger partial charge in [0.2, 0.25) is 5.91 Å². The quantitative estimate of drug-likeness (QED) is 0.413. The highest BCUT2D eigenvalue weighted by molar-refractivity contribution is 6.03. The lowest BCUT2D eigenvalue weighted by Crippen LogP contribution is -2.13. The maximum Gasteiger partial charge on any atom is 0.249 e. The minimum absolute atomic E-state index is 0.300. The summed E-state index contributed by atoms with van der Waals surface area (Å²) in [5, 5.41) is 3.25. The van der Waals surface area contributed by atoms with Crippen LogP contribution in [0.1, 0.15) is 10.4 Å². The summed E-state index contributed by atoms with van der Waals surface area (Å²) in [5.74, 6) is -0.250. The molecule has 0 aliphatic rings. The number of hydrogen-bond donors (Lipinski definition) is 3. The van der Waals surface area contributed by atoms with Crippen LogP contribution >= 0.6 is 0 Å². The Balaban J connectivity index is 1.70. The van der Waals surface area contributed by atoms with Gasteiger partial charge in [-0.3, -0.25) is 4.79 Å². The standard InChI is InChI=1S/C24H19FN4O/c25-18-4-1-3-16(13-18)17-9-12-22(28-14-17)29-21-6-2-5-20(24(27)30)23(21)15-7-10-19(26)11-8-15/h1-14H,26H2,(H2,27,30)(H,28,29). The largest absolute Gasteiger partial charge is 0.399 e. The molecule has 4 aromatic rings. The molecule has 5 N–H and O–H groups in total. The van der Waals surface area contributed by atoms with Gasteiger partial charge >= 0.3 is 0 Å². The van der Waals surface area contributed by atoms with Crippen LogP contribution in [0.5, 0.6) is 0 Å². The van der Waals surface area contributed by atoms with Crippen LogP contribution in [-0.4, -0.2) is 10.9 Å². The van der Waals surface area contributed by atoms with Crippen LogP contribution in [0.4, 0.5) is 21.6 Å². The number of hydrogen-bond acceptors (Lipinski definition) is 4. The molecule has 5 nitrogen and oxygen atoms in total. The summed E-state index contributed by atoms with van der Waals surface area (Å²) in [7, 11) is 0. The third-order valence-corrected chi connectivity index (χ3v) is 4.71. The molecule has 0 fully saturated rings. The number of benzene rings is 3. The average molecular weight is 398 g/mol. The molecule has 0 aliphatic carbocycles. The number of rotatable bonds is 5. The Bertz CT molecular complexity index is 1200. The van der Waals surface area contributed by atoms with Crippen molar-refractivity contribution in [2.75, 3.05) is 11.1 Å². The number of carbonyl (C=O) groups is 1. The van der Waals surface area contributed by atoms with Crippen molar-refractivity contribution in [2.24, 2.45) is 5.73 Å². The highest BCUT2D eigenvalue weighted by atomic mass is 19.1. The van der Waals surface area contributed by atoms with Crippen LogP contribution in [-0.2, 0) is 0 Å². The normalized spacial score (nSPS) is 10.6. The van der Waals surface area contributed by atoms with E-state index >= 15 is 0 Å². The lowest BCUT2D eigenvalue weighted by molar-refractivity contribution is 0.100. The van der Waals surface area contributed by atoms with Crippen molar-refractivity contribution in [3.8, 4) is 22.3 Å². The lowest BCUT2D eigenvalue weighted by atomic mass is 9.97. The molecule has 0 atom stereocenters. The van der Waals surface area contributed by atoms with Gasteiger partial charge in [-0.15, -0.1) is 0 Å². The molecule has 0 bridgehead atoms. The summed E-state index contributed by atoms with van der Waals surface area (Å²) in [6, 6.07) is 22.5. The first-order valence-corrected chi connectivity index (χ1v) is 9.29. The van der Waals surface area contributed by atoms with E-state index in [0.717, 1.165) is 16.7 Å². The molecule has 0 unspecified atom stereocenters. The van der Waals surface area contributed by atoms with Crippen LogP contribution in [0.3, 0.4) is 0 Å². The Kier molecular flexibility index (Phi) is 5.13. The van der Waals surface area contributed by atoms with Crippen molar-refractivity contribution in [3.05, 3.63) is 96.4 Å². The summed E-state index contributed by atoms with van der Waals surface area (Å²) in [6.07, 6.45) is 1.66. The predicted octanol–water partition coefficient (Wildman–Crippen LogP) is 4.98. The first kappa shape index (κ1) is 19.1. The molecular weight excluding hydrogens is 379 g/mol. The number of nitrogens with one attached hydrogen (secondary N) is 1. The molecule has 4 rings (SSSR count). The molecular formula is C24H19FN4O. The molecule has 1 aromatic heterocycles. The van der Waals surface area contributed by atoms with Gasteiger partial charge in [-0.1, -0.05) is 30.3 Å². The van der Waals surface area contributed by atoms with Crippen LogP contribution in [0.15, 0.2) is 85.1 Å². The van der Waals surface area contributed by atoms with Gasteiger partial charge in [0, 0.05) is 34.3 Å². The molecule has 0 saturated carbocycles. The van der Waals surface area contributed by atoms with Crippen LogP contribution in [0.25, 0.3) is 22.3 Å². The fourth-order valence-corrected chi connectivity index (χ4v) is 3.27. The van der Waals surface area contributed by atoms with E-state index in [9.17, 15) is 9.18 Å². The van der Waals surface area contributed by atoms with Gasteiger partial charge in [0.15, 0.2) is 0 Å². The zero-order valence-electron chi connectivity index (χ0n) is 16.0. The summed E-state index contributed by atoms with van der Waals surface area (Å²) >= 11 is 0. The van der Waals surface area contributed by atoms with Gasteiger partial charge in [0.05, 0.1) is 0 Å². The second-order valence-electron chi connectivity index (χ2n) is 6.78. The van der Waals surface area contributed by atoms with Crippen molar-refractivity contribution in [1.29, 1.82) is 0 Å². The number of primary amides is 1. The number of halogens is 1. The zero-order chi connectivity index (χ0) is 21.1. The number of amides is 1. The second-order valence-corrected chi connectivity index (χ2v) is 6.78. The number of nitrogens with zero attached hydrogens (tertiary/aromatic N) is 1. The topological polar surface area (TPSA) is 94.0 Å². The summed E-state index contributed by atoms with van der Waals surface area (Å²) in [6.45, 7) is 0. The van der Waals surface area contributed by atoms with Crippen molar-refractivity contribution in [3.63, 3.8) is 0 Å². The smallest absolute Gasteiger partial charge is 0.249 e. The summed E-state index contributed by atoms with van der Waals surface area (Å²) < 4.78 is 13.5. The number of aromatic nitrogens is 1. The van der Waals surface area contributed by atoms with E-state index in [1.165, 1.54) is 12.1 Å². The van der Waals surface area contributed by atoms with Crippen molar-refractivity contribution in [2.45, 2.75) is 0 Å². The number of nitrogens with two attached hydrogens (primary N) is 2. The fraction of sp³-hybridized carbons (Fsp3) is 0. The predicted molar refractivity (Wildman–Crippen MR) is 118 cm³/mol. The zero-order valence-corrected chi connectivity index (χ0v) is 16.0. The van der Waals surface area contributed by atoms with Crippen LogP contribution in [0.2, 0.25) is 0 Å². The van der Waals surface area contributed by atoms with E-state index < -0.39 is 5.91 Å². The molecule has 6 heteroatoms. The SMILES string of the molecule is NC(=O)c1cccc(Nc2ccc(-c3cccc(F)c3)cn2)c1-c1ccc(N)cc1. The number of nitrogen functional groups attached to an aromatic ring is 1. The Morgan fingerprint density at radius 3 is 2.27 bits per heavy atom. The first-order valence-electron chi connectivity index (χ1n) is 9.29.